The van der Waals surface area contributed by atoms with Gasteiger partial charge in [0.1, 0.15) is 6.07 Å². The van der Waals surface area contributed by atoms with E-state index < -0.39 is 5.97 Å². The van der Waals surface area contributed by atoms with E-state index in [1.807, 2.05) is 30.3 Å². The number of nitrogens with zero attached hydrogens (tertiary/aromatic N) is 2. The SMILES string of the molecule is N#Cc1nc(-c2ccccc2)oc1NCCCCCCCCCCC(=O)O. The zero-order valence-electron chi connectivity index (χ0n) is 15.6. The molecule has 0 aliphatic rings. The Kier molecular flexibility index (Phi) is 8.91. The van der Waals surface area contributed by atoms with Crippen molar-refractivity contribution in [2.45, 2.75) is 57.8 Å². The summed E-state index contributed by atoms with van der Waals surface area (Å²) < 4.78 is 5.70. The second kappa shape index (κ2) is 11.7. The highest BCUT2D eigenvalue weighted by molar-refractivity contribution is 5.66. The van der Waals surface area contributed by atoms with Crippen molar-refractivity contribution in [3.05, 3.63) is 36.0 Å². The molecule has 1 aromatic carbocycles. The van der Waals surface area contributed by atoms with E-state index in [4.69, 9.17) is 9.52 Å². The lowest BCUT2D eigenvalue weighted by molar-refractivity contribution is -0.137. The van der Waals surface area contributed by atoms with Crippen molar-refractivity contribution >= 4 is 11.9 Å². The van der Waals surface area contributed by atoms with E-state index in [2.05, 4.69) is 16.4 Å². The van der Waals surface area contributed by atoms with Crippen molar-refractivity contribution in [1.82, 2.24) is 4.98 Å². The predicted octanol–water partition coefficient (Wildman–Crippen LogP) is 5.22. The van der Waals surface area contributed by atoms with Gasteiger partial charge in [-0.3, -0.25) is 4.79 Å². The molecule has 144 valence electrons. The molecule has 0 amide bonds. The Morgan fingerprint density at radius 3 is 2.30 bits per heavy atom. The number of hydrogen-bond acceptors (Lipinski definition) is 5. The van der Waals surface area contributed by atoms with Crippen LogP contribution in [0.4, 0.5) is 5.88 Å². The molecule has 0 bridgehead atoms. The number of aliphatic carboxylic acids is 1. The highest BCUT2D eigenvalue weighted by Gasteiger charge is 2.13. The molecular weight excluding hydrogens is 342 g/mol. The third-order valence-corrected chi connectivity index (χ3v) is 4.36. The van der Waals surface area contributed by atoms with Crippen LogP contribution < -0.4 is 5.32 Å². The van der Waals surface area contributed by atoms with E-state index in [1.54, 1.807) is 0 Å². The summed E-state index contributed by atoms with van der Waals surface area (Å²) in [6.07, 6.45) is 8.79. The molecule has 1 heterocycles. The number of aromatic nitrogens is 1. The largest absolute Gasteiger partial charge is 0.481 e. The van der Waals surface area contributed by atoms with Gasteiger partial charge in [-0.05, 0) is 25.0 Å². The smallest absolute Gasteiger partial charge is 0.303 e. The number of benzene rings is 1. The molecule has 0 spiro atoms. The summed E-state index contributed by atoms with van der Waals surface area (Å²) in [5, 5.41) is 21.0. The van der Waals surface area contributed by atoms with E-state index in [0.29, 0.717) is 11.8 Å². The summed E-state index contributed by atoms with van der Waals surface area (Å²) in [4.78, 5) is 14.7. The summed E-state index contributed by atoms with van der Waals surface area (Å²) in [5.74, 6) is 0.192. The molecule has 2 N–H and O–H groups in total. The van der Waals surface area contributed by atoms with Crippen molar-refractivity contribution in [3.63, 3.8) is 0 Å². The van der Waals surface area contributed by atoms with E-state index in [-0.39, 0.29) is 12.1 Å². The summed E-state index contributed by atoms with van der Waals surface area (Å²) in [5.41, 5.74) is 1.14. The normalized spacial score (nSPS) is 10.5. The number of nitriles is 1. The number of oxazole rings is 1. The first-order valence-electron chi connectivity index (χ1n) is 9.62. The third kappa shape index (κ3) is 7.53. The van der Waals surface area contributed by atoms with Crippen LogP contribution in [0.5, 0.6) is 0 Å². The maximum Gasteiger partial charge on any atom is 0.303 e. The van der Waals surface area contributed by atoms with Gasteiger partial charge < -0.3 is 14.8 Å². The monoisotopic (exact) mass is 369 g/mol. The minimum atomic E-state index is -0.704. The van der Waals surface area contributed by atoms with Gasteiger partial charge in [0.15, 0.2) is 0 Å². The summed E-state index contributed by atoms with van der Waals surface area (Å²) >= 11 is 0. The Labute approximate surface area is 160 Å². The fraction of sp³-hybridized carbons (Fsp3) is 0.476. The second-order valence-electron chi connectivity index (χ2n) is 6.57. The zero-order valence-corrected chi connectivity index (χ0v) is 15.6. The molecule has 0 atom stereocenters. The lowest BCUT2D eigenvalue weighted by atomic mass is 10.1. The van der Waals surface area contributed by atoms with Gasteiger partial charge >= 0.3 is 5.97 Å². The Morgan fingerprint density at radius 1 is 1.04 bits per heavy atom. The van der Waals surface area contributed by atoms with Crippen LogP contribution in [0.15, 0.2) is 34.7 Å². The van der Waals surface area contributed by atoms with Crippen LogP contribution in [0.2, 0.25) is 0 Å². The molecule has 0 unspecified atom stereocenters. The number of nitrogens with one attached hydrogen (secondary N) is 1. The quantitative estimate of drug-likeness (QED) is 0.470. The number of carboxylic acids is 1. The lowest BCUT2D eigenvalue weighted by Gasteiger charge is -2.04. The summed E-state index contributed by atoms with van der Waals surface area (Å²) in [6.45, 7) is 0.747. The molecule has 0 aliphatic heterocycles. The van der Waals surface area contributed by atoms with Crippen molar-refractivity contribution < 1.29 is 14.3 Å². The van der Waals surface area contributed by atoms with E-state index in [0.717, 1.165) is 57.1 Å². The molecule has 0 aliphatic carbocycles. The van der Waals surface area contributed by atoms with Gasteiger partial charge in [0.05, 0.1) is 0 Å². The number of anilines is 1. The van der Waals surface area contributed by atoms with Gasteiger partial charge in [-0.1, -0.05) is 56.7 Å². The maximum atomic E-state index is 10.4. The molecule has 27 heavy (non-hydrogen) atoms. The van der Waals surface area contributed by atoms with Gasteiger partial charge in [0.2, 0.25) is 17.5 Å². The highest BCUT2D eigenvalue weighted by atomic mass is 16.4. The van der Waals surface area contributed by atoms with Crippen LogP contribution in [-0.4, -0.2) is 22.6 Å². The number of rotatable bonds is 13. The minimum Gasteiger partial charge on any atom is -0.481 e. The van der Waals surface area contributed by atoms with Crippen LogP contribution >= 0.6 is 0 Å². The third-order valence-electron chi connectivity index (χ3n) is 4.36. The van der Waals surface area contributed by atoms with Crippen LogP contribution in [0.25, 0.3) is 11.5 Å². The average molecular weight is 369 g/mol. The fourth-order valence-electron chi connectivity index (χ4n) is 2.88. The Bertz CT molecular complexity index is 735. The molecule has 6 nitrogen and oxygen atoms in total. The highest BCUT2D eigenvalue weighted by Crippen LogP contribution is 2.25. The average Bonchev–Trinajstić information content (AvgIpc) is 3.10. The molecule has 6 heteroatoms. The molecule has 0 saturated carbocycles. The van der Waals surface area contributed by atoms with Gasteiger partial charge in [-0.15, -0.1) is 0 Å². The molecule has 2 aromatic rings. The fourth-order valence-corrected chi connectivity index (χ4v) is 2.88. The van der Waals surface area contributed by atoms with Gasteiger partial charge in [-0.2, -0.15) is 10.2 Å². The Morgan fingerprint density at radius 2 is 1.67 bits per heavy atom. The first-order valence-corrected chi connectivity index (χ1v) is 9.62. The Hall–Kier alpha value is -2.81. The first-order chi connectivity index (χ1) is 13.2. The van der Waals surface area contributed by atoms with E-state index >= 15 is 0 Å². The Balaban J connectivity index is 1.60. The van der Waals surface area contributed by atoms with Crippen LogP contribution in [0.3, 0.4) is 0 Å². The van der Waals surface area contributed by atoms with Crippen molar-refractivity contribution in [3.8, 4) is 17.5 Å². The summed E-state index contributed by atoms with van der Waals surface area (Å²) in [6, 6.07) is 11.6. The number of hydrogen-bond donors (Lipinski definition) is 2. The second-order valence-corrected chi connectivity index (χ2v) is 6.57. The van der Waals surface area contributed by atoms with Crippen molar-refractivity contribution in [1.29, 1.82) is 5.26 Å². The van der Waals surface area contributed by atoms with Crippen LogP contribution in [-0.2, 0) is 4.79 Å². The molecule has 0 radical (unpaired) electrons. The number of unbranched alkanes of at least 4 members (excludes halogenated alkanes) is 7. The minimum absolute atomic E-state index is 0.282. The van der Waals surface area contributed by atoms with Gasteiger partial charge in [-0.25, -0.2) is 0 Å². The van der Waals surface area contributed by atoms with E-state index in [1.165, 1.54) is 6.42 Å². The molecule has 1 aromatic heterocycles. The van der Waals surface area contributed by atoms with Crippen LogP contribution in [0.1, 0.15) is 63.5 Å². The molecule has 0 fully saturated rings. The van der Waals surface area contributed by atoms with Crippen molar-refractivity contribution in [2.75, 3.05) is 11.9 Å². The first kappa shape index (κ1) is 20.5. The van der Waals surface area contributed by atoms with Crippen LogP contribution in [0, 0.1) is 11.3 Å². The predicted molar refractivity (Wildman–Crippen MR) is 104 cm³/mol. The van der Waals surface area contributed by atoms with E-state index in [9.17, 15) is 10.1 Å². The zero-order chi connectivity index (χ0) is 19.3. The summed E-state index contributed by atoms with van der Waals surface area (Å²) in [7, 11) is 0. The topological polar surface area (TPSA) is 99.2 Å². The molecular formula is C21H27N3O3. The maximum absolute atomic E-state index is 10.4. The van der Waals surface area contributed by atoms with Gasteiger partial charge in [0, 0.05) is 18.5 Å². The lowest BCUT2D eigenvalue weighted by Crippen LogP contribution is -2.01. The number of carbonyl (C=O) groups is 1. The van der Waals surface area contributed by atoms with Gasteiger partial charge in [0.25, 0.3) is 0 Å². The molecule has 2 rings (SSSR count). The van der Waals surface area contributed by atoms with Crippen molar-refractivity contribution in [2.24, 2.45) is 0 Å². The number of carboxylic acid groups (broad SMARTS) is 1. The molecule has 0 saturated heterocycles. The standard InChI is InChI=1S/C21H27N3O3/c22-16-18-21(27-20(24-18)17-12-8-7-9-13-17)23-15-11-6-4-2-1-3-5-10-14-19(25)26/h7-9,12-13,23H,1-6,10-11,14-15H2,(H,25,26).